The molecule has 7 rings (SSSR count). The van der Waals surface area contributed by atoms with Crippen molar-refractivity contribution in [2.75, 3.05) is 10.2 Å². The first-order chi connectivity index (χ1) is 20.7. The van der Waals surface area contributed by atoms with E-state index in [0.29, 0.717) is 11.3 Å². The Balaban J connectivity index is 1.26. The summed E-state index contributed by atoms with van der Waals surface area (Å²) < 4.78 is 14.6. The lowest BCUT2D eigenvalue weighted by atomic mass is 9.59. The Hall–Kier alpha value is -5.11. The van der Waals surface area contributed by atoms with E-state index in [1.165, 1.54) is 23.1 Å². The highest BCUT2D eigenvalue weighted by molar-refractivity contribution is 6.25. The molecule has 8 heteroatoms. The Bertz CT molecular complexity index is 1820. The number of rotatable bonds is 4. The smallest absolute Gasteiger partial charge is 0.238 e. The number of nitrogens with zero attached hydrogens (tertiary/aromatic N) is 1. The van der Waals surface area contributed by atoms with Gasteiger partial charge in [-0.1, -0.05) is 42.0 Å². The lowest BCUT2D eigenvalue weighted by molar-refractivity contribution is -0.123. The first kappa shape index (κ1) is 26.8. The number of hydrogen-bond acceptors (Lipinski definition) is 6. The number of benzene rings is 3. The van der Waals surface area contributed by atoms with Gasteiger partial charge < -0.3 is 10.4 Å². The fraction of sp³-hybridized carbons (Fsp3) is 0.200. The summed E-state index contributed by atoms with van der Waals surface area (Å²) in [4.78, 5) is 55.8. The molecular weight excluding hydrogens is 547 g/mol. The third-order valence-electron chi connectivity index (χ3n) is 9.08. The average Bonchev–Trinajstić information content (AvgIpc) is 3.27. The standard InChI is InChI=1S/C35H27FN2O5/c1-18-16-28(39)31-26(32(18)40)17-25-22(29(31)23-8-5-9-27(36)33(23)41)14-15-24-30(25)35(43)38(34(24)42)21-12-10-20(11-13-21)37-19-6-3-2-4-7-19/h2-14,16,24-25,29-30,37,41H,15,17H2,1H3. The molecule has 1 saturated heterocycles. The number of nitrogens with one attached hydrogen (secondary N) is 1. The summed E-state index contributed by atoms with van der Waals surface area (Å²) in [5, 5.41) is 14.0. The lowest BCUT2D eigenvalue weighted by Crippen LogP contribution is -2.39. The molecule has 2 amide bonds. The molecule has 43 heavy (non-hydrogen) atoms. The number of halogens is 1. The third-order valence-corrected chi connectivity index (χ3v) is 9.08. The van der Waals surface area contributed by atoms with E-state index >= 15 is 0 Å². The predicted molar refractivity (Wildman–Crippen MR) is 158 cm³/mol. The van der Waals surface area contributed by atoms with Gasteiger partial charge in [0.2, 0.25) is 11.8 Å². The van der Waals surface area contributed by atoms with Crippen LogP contribution in [0.2, 0.25) is 0 Å². The van der Waals surface area contributed by atoms with Crippen molar-refractivity contribution < 1.29 is 28.7 Å². The topological polar surface area (TPSA) is 104 Å². The number of aromatic hydroxyl groups is 1. The second-order valence-corrected chi connectivity index (χ2v) is 11.5. The number of para-hydroxylation sites is 2. The highest BCUT2D eigenvalue weighted by Gasteiger charge is 2.56. The summed E-state index contributed by atoms with van der Waals surface area (Å²) in [6.45, 7) is 1.57. The molecule has 0 radical (unpaired) electrons. The summed E-state index contributed by atoms with van der Waals surface area (Å²) in [5.74, 6) is -5.72. The average molecular weight is 575 g/mol. The predicted octanol–water partition coefficient (Wildman–Crippen LogP) is 5.91. The van der Waals surface area contributed by atoms with Crippen LogP contribution in [0.3, 0.4) is 0 Å². The largest absolute Gasteiger partial charge is 0.505 e. The Labute approximate surface area is 247 Å². The molecule has 0 saturated carbocycles. The number of amides is 2. The van der Waals surface area contributed by atoms with Crippen molar-refractivity contribution in [3.63, 3.8) is 0 Å². The minimum Gasteiger partial charge on any atom is -0.505 e. The number of carbonyl (C=O) groups is 4. The van der Waals surface area contributed by atoms with Gasteiger partial charge in [-0.3, -0.25) is 24.1 Å². The number of allylic oxidation sites excluding steroid dienone is 6. The zero-order valence-electron chi connectivity index (χ0n) is 23.2. The Morgan fingerprint density at radius 3 is 2.33 bits per heavy atom. The molecule has 0 aromatic heterocycles. The van der Waals surface area contributed by atoms with E-state index in [2.05, 4.69) is 5.32 Å². The molecule has 1 aliphatic heterocycles. The molecule has 3 aliphatic carbocycles. The molecule has 3 aromatic carbocycles. The molecule has 7 nitrogen and oxygen atoms in total. The number of carbonyl (C=O) groups excluding carboxylic acids is 4. The van der Waals surface area contributed by atoms with Crippen molar-refractivity contribution in [3.8, 4) is 5.75 Å². The summed E-state index contributed by atoms with van der Waals surface area (Å²) >= 11 is 0. The van der Waals surface area contributed by atoms with Crippen molar-refractivity contribution in [2.24, 2.45) is 17.8 Å². The van der Waals surface area contributed by atoms with Crippen molar-refractivity contribution >= 4 is 40.4 Å². The normalized spacial score (nSPS) is 24.7. The number of hydrogen-bond donors (Lipinski definition) is 2. The van der Waals surface area contributed by atoms with Gasteiger partial charge in [-0.15, -0.1) is 0 Å². The first-order valence-electron chi connectivity index (χ1n) is 14.2. The van der Waals surface area contributed by atoms with Gasteiger partial charge in [-0.25, -0.2) is 4.39 Å². The van der Waals surface area contributed by atoms with Gasteiger partial charge in [0.15, 0.2) is 23.1 Å². The van der Waals surface area contributed by atoms with Crippen LogP contribution in [0.4, 0.5) is 21.5 Å². The molecule has 3 aromatic rings. The van der Waals surface area contributed by atoms with Gasteiger partial charge >= 0.3 is 0 Å². The molecule has 4 aliphatic rings. The second-order valence-electron chi connectivity index (χ2n) is 11.5. The Kier molecular flexibility index (Phi) is 6.23. The Morgan fingerprint density at radius 1 is 0.860 bits per heavy atom. The van der Waals surface area contributed by atoms with Gasteiger partial charge in [0.1, 0.15) is 0 Å². The maximum absolute atomic E-state index is 14.6. The highest BCUT2D eigenvalue weighted by atomic mass is 19.1. The van der Waals surface area contributed by atoms with Gasteiger partial charge in [0.05, 0.1) is 17.5 Å². The number of phenols is 1. The fourth-order valence-electron chi connectivity index (χ4n) is 7.14. The SMILES string of the molecule is CC1=CC(=O)C2=C(CC3C(=CCC4C(=O)N(c5ccc(Nc6ccccc6)cc5)C(=O)C43)C2c2cccc(F)c2O)C1=O. The maximum atomic E-state index is 14.6. The molecule has 1 heterocycles. The van der Waals surface area contributed by atoms with Gasteiger partial charge in [0.25, 0.3) is 0 Å². The van der Waals surface area contributed by atoms with E-state index in [0.717, 1.165) is 17.4 Å². The van der Waals surface area contributed by atoms with Crippen molar-refractivity contribution in [3.05, 3.63) is 119 Å². The number of Topliss-reactive ketones (excluding diaryl/α,β-unsaturated/α-hetero) is 1. The zero-order chi connectivity index (χ0) is 30.0. The van der Waals surface area contributed by atoms with Gasteiger partial charge in [0, 0.05) is 39.6 Å². The van der Waals surface area contributed by atoms with E-state index in [4.69, 9.17) is 0 Å². The number of imide groups is 1. The van der Waals surface area contributed by atoms with Crippen molar-refractivity contribution in [2.45, 2.75) is 25.7 Å². The third kappa shape index (κ3) is 4.16. The second kappa shape index (κ2) is 10.0. The van der Waals surface area contributed by atoms with Crippen LogP contribution in [0, 0.1) is 23.6 Å². The Morgan fingerprint density at radius 2 is 1.58 bits per heavy atom. The molecule has 214 valence electrons. The van der Waals surface area contributed by atoms with E-state index in [9.17, 15) is 28.7 Å². The van der Waals surface area contributed by atoms with E-state index in [1.807, 2.05) is 36.4 Å². The highest BCUT2D eigenvalue weighted by Crippen LogP contribution is 2.56. The number of fused-ring (bicyclic) bond motifs is 3. The van der Waals surface area contributed by atoms with E-state index in [1.54, 1.807) is 31.2 Å². The quantitative estimate of drug-likeness (QED) is 0.228. The number of ketones is 2. The number of phenolic OH excluding ortho intramolecular Hbond substituents is 1. The van der Waals surface area contributed by atoms with Crippen LogP contribution in [0.5, 0.6) is 5.75 Å². The van der Waals surface area contributed by atoms with Crippen LogP contribution in [0.15, 0.2) is 107 Å². The van der Waals surface area contributed by atoms with Crippen LogP contribution in [0.1, 0.15) is 31.2 Å². The van der Waals surface area contributed by atoms with E-state index < -0.39 is 35.2 Å². The molecule has 4 atom stereocenters. The summed E-state index contributed by atoms with van der Waals surface area (Å²) in [6, 6.07) is 20.8. The number of anilines is 3. The minimum absolute atomic E-state index is 0.109. The minimum atomic E-state index is -0.911. The summed E-state index contributed by atoms with van der Waals surface area (Å²) in [7, 11) is 0. The molecular formula is C35H27FN2O5. The van der Waals surface area contributed by atoms with E-state index in [-0.39, 0.29) is 58.5 Å². The van der Waals surface area contributed by atoms with Crippen molar-refractivity contribution in [1.82, 2.24) is 0 Å². The van der Waals surface area contributed by atoms with Crippen LogP contribution in [-0.4, -0.2) is 28.5 Å². The van der Waals surface area contributed by atoms with Gasteiger partial charge in [-0.05, 0) is 74.2 Å². The summed E-state index contributed by atoms with van der Waals surface area (Å²) in [6.07, 6.45) is 3.48. The fourth-order valence-corrected chi connectivity index (χ4v) is 7.14. The maximum Gasteiger partial charge on any atom is 0.238 e. The molecule has 0 spiro atoms. The summed E-state index contributed by atoms with van der Waals surface area (Å²) in [5.41, 5.74) is 3.70. The molecule has 4 unspecified atom stereocenters. The first-order valence-corrected chi connectivity index (χ1v) is 14.2. The van der Waals surface area contributed by atoms with Crippen LogP contribution >= 0.6 is 0 Å². The molecule has 2 N–H and O–H groups in total. The van der Waals surface area contributed by atoms with Crippen LogP contribution in [0.25, 0.3) is 0 Å². The lowest BCUT2D eigenvalue weighted by Gasteiger charge is -2.42. The van der Waals surface area contributed by atoms with Crippen LogP contribution < -0.4 is 10.2 Å². The van der Waals surface area contributed by atoms with Crippen LogP contribution in [-0.2, 0) is 19.2 Å². The molecule has 0 bridgehead atoms. The van der Waals surface area contributed by atoms with Gasteiger partial charge in [-0.2, -0.15) is 0 Å². The zero-order valence-corrected chi connectivity index (χ0v) is 23.2. The molecule has 1 fully saturated rings. The monoisotopic (exact) mass is 574 g/mol. The van der Waals surface area contributed by atoms with Crippen molar-refractivity contribution in [1.29, 1.82) is 0 Å².